The Labute approximate surface area is 144 Å². The predicted molar refractivity (Wildman–Crippen MR) is 92.5 cm³/mol. The van der Waals surface area contributed by atoms with Crippen molar-refractivity contribution in [2.45, 2.75) is 11.0 Å². The monoisotopic (exact) mass is 358 g/mol. The zero-order chi connectivity index (χ0) is 15.5. The second-order valence-corrected chi connectivity index (χ2v) is 7.25. The van der Waals surface area contributed by atoms with Gasteiger partial charge in [-0.15, -0.1) is 32.9 Å². The molecule has 4 aromatic rings. The zero-order valence-electron chi connectivity index (χ0n) is 11.7. The molecule has 4 heterocycles. The van der Waals surface area contributed by atoms with Crippen LogP contribution in [0.1, 0.15) is 5.69 Å². The summed E-state index contributed by atoms with van der Waals surface area (Å²) in [7, 11) is 0. The van der Waals surface area contributed by atoms with Crippen LogP contribution in [0.2, 0.25) is 0 Å². The van der Waals surface area contributed by atoms with E-state index in [1.807, 2.05) is 18.2 Å². The molecule has 4 aromatic heterocycles. The first-order valence-corrected chi connectivity index (χ1v) is 9.48. The summed E-state index contributed by atoms with van der Waals surface area (Å²) in [5.41, 5.74) is 1.89. The van der Waals surface area contributed by atoms with Crippen LogP contribution in [-0.2, 0) is 5.75 Å². The number of pyridine rings is 1. The van der Waals surface area contributed by atoms with Gasteiger partial charge in [0, 0.05) is 29.1 Å². The van der Waals surface area contributed by atoms with Crippen molar-refractivity contribution in [2.75, 3.05) is 0 Å². The third kappa shape index (κ3) is 3.34. The summed E-state index contributed by atoms with van der Waals surface area (Å²) in [5.74, 6) is 1.22. The van der Waals surface area contributed by atoms with E-state index in [9.17, 15) is 0 Å². The quantitative estimate of drug-likeness (QED) is 0.485. The highest BCUT2D eigenvalue weighted by Crippen LogP contribution is 2.30. The fourth-order valence-corrected chi connectivity index (χ4v) is 4.30. The van der Waals surface area contributed by atoms with Crippen LogP contribution in [0.4, 0.5) is 0 Å². The average molecular weight is 358 g/mol. The molecule has 0 atom stereocenters. The Hall–Kier alpha value is -2.03. The Balaban J connectivity index is 1.43. The Morgan fingerprint density at radius 2 is 2.00 bits per heavy atom. The molecule has 4 rings (SSSR count). The molecule has 114 valence electrons. The maximum absolute atomic E-state index is 5.66. The van der Waals surface area contributed by atoms with E-state index in [1.165, 1.54) is 16.6 Å². The molecule has 8 heteroatoms. The van der Waals surface area contributed by atoms with E-state index in [2.05, 4.69) is 37.0 Å². The van der Waals surface area contributed by atoms with E-state index in [0.29, 0.717) is 16.9 Å². The lowest BCUT2D eigenvalue weighted by Crippen LogP contribution is -1.81. The molecule has 0 radical (unpaired) electrons. The second-order valence-electron chi connectivity index (χ2n) is 4.52. The highest BCUT2D eigenvalue weighted by Gasteiger charge is 2.11. The summed E-state index contributed by atoms with van der Waals surface area (Å²) in [6.07, 6.45) is 3.40. The van der Waals surface area contributed by atoms with Crippen LogP contribution in [-0.4, -0.2) is 20.2 Å². The second kappa shape index (κ2) is 6.61. The van der Waals surface area contributed by atoms with E-state index in [4.69, 9.17) is 4.42 Å². The molecular weight excluding hydrogens is 348 g/mol. The van der Waals surface area contributed by atoms with Crippen molar-refractivity contribution in [1.29, 1.82) is 0 Å². The number of aromatic nitrogens is 4. The van der Waals surface area contributed by atoms with Crippen molar-refractivity contribution in [2.24, 2.45) is 0 Å². The van der Waals surface area contributed by atoms with Gasteiger partial charge in [-0.05, 0) is 23.6 Å². The van der Waals surface area contributed by atoms with Gasteiger partial charge in [0.25, 0.3) is 5.22 Å². The van der Waals surface area contributed by atoms with Gasteiger partial charge >= 0.3 is 0 Å². The normalized spacial score (nSPS) is 11.0. The van der Waals surface area contributed by atoms with Crippen LogP contribution in [0.25, 0.3) is 21.3 Å². The highest BCUT2D eigenvalue weighted by molar-refractivity contribution is 7.98. The molecule has 23 heavy (non-hydrogen) atoms. The van der Waals surface area contributed by atoms with Crippen molar-refractivity contribution in [3.63, 3.8) is 0 Å². The van der Waals surface area contributed by atoms with Crippen molar-refractivity contribution < 1.29 is 4.42 Å². The first kappa shape index (κ1) is 14.6. The summed E-state index contributed by atoms with van der Waals surface area (Å²) in [4.78, 5) is 9.82. The fourth-order valence-electron chi connectivity index (χ4n) is 1.90. The van der Waals surface area contributed by atoms with Crippen LogP contribution in [0, 0.1) is 0 Å². The molecular formula is C15H10N4OS3. The maximum atomic E-state index is 5.66. The van der Waals surface area contributed by atoms with Gasteiger partial charge in [-0.25, -0.2) is 4.98 Å². The topological polar surface area (TPSA) is 64.7 Å². The molecule has 5 nitrogen and oxygen atoms in total. The number of thiazole rings is 1. The number of thiophene rings is 1. The van der Waals surface area contributed by atoms with Crippen LogP contribution in [0.5, 0.6) is 0 Å². The molecule has 0 aromatic carbocycles. The smallest absolute Gasteiger partial charge is 0.277 e. The molecule has 0 N–H and O–H groups in total. The minimum Gasteiger partial charge on any atom is -0.411 e. The first-order valence-electron chi connectivity index (χ1n) is 6.73. The average Bonchev–Trinajstić information content (AvgIpc) is 3.33. The zero-order valence-corrected chi connectivity index (χ0v) is 14.2. The highest BCUT2D eigenvalue weighted by atomic mass is 32.2. The van der Waals surface area contributed by atoms with Gasteiger partial charge in [-0.1, -0.05) is 17.8 Å². The van der Waals surface area contributed by atoms with Gasteiger partial charge in [-0.3, -0.25) is 4.98 Å². The first-order chi connectivity index (χ1) is 11.4. The summed E-state index contributed by atoms with van der Waals surface area (Å²) in [5, 5.41) is 13.9. The SMILES string of the molecule is c1csc(-c2nc(CSc3nnc(-c4ccncc4)o3)cs2)c1. The molecule has 0 unspecified atom stereocenters. The largest absolute Gasteiger partial charge is 0.411 e. The molecule has 0 spiro atoms. The number of thioether (sulfide) groups is 1. The van der Waals surface area contributed by atoms with Crippen molar-refractivity contribution >= 4 is 34.4 Å². The van der Waals surface area contributed by atoms with Gasteiger partial charge in [0.1, 0.15) is 5.01 Å². The van der Waals surface area contributed by atoms with E-state index in [-0.39, 0.29) is 0 Å². The Kier molecular flexibility index (Phi) is 4.18. The number of hydrogen-bond acceptors (Lipinski definition) is 8. The van der Waals surface area contributed by atoms with E-state index in [1.54, 1.807) is 35.1 Å². The number of nitrogens with zero attached hydrogens (tertiary/aromatic N) is 4. The summed E-state index contributed by atoms with van der Waals surface area (Å²) in [6.45, 7) is 0. The third-order valence-electron chi connectivity index (χ3n) is 2.96. The van der Waals surface area contributed by atoms with Crippen LogP contribution in [0.3, 0.4) is 0 Å². The van der Waals surface area contributed by atoms with Gasteiger partial charge in [-0.2, -0.15) is 0 Å². The minimum atomic E-state index is 0.507. The summed E-state index contributed by atoms with van der Waals surface area (Å²) < 4.78 is 5.66. The van der Waals surface area contributed by atoms with Crippen LogP contribution in [0.15, 0.2) is 57.1 Å². The van der Waals surface area contributed by atoms with Gasteiger partial charge < -0.3 is 4.42 Å². The fraction of sp³-hybridized carbons (Fsp3) is 0.0667. The van der Waals surface area contributed by atoms with Crippen LogP contribution < -0.4 is 0 Å². The molecule has 0 bridgehead atoms. The predicted octanol–water partition coefficient (Wildman–Crippen LogP) is 4.61. The lowest BCUT2D eigenvalue weighted by atomic mass is 10.3. The van der Waals surface area contributed by atoms with E-state index < -0.39 is 0 Å². The lowest BCUT2D eigenvalue weighted by Gasteiger charge is -1.93. The maximum Gasteiger partial charge on any atom is 0.277 e. The summed E-state index contributed by atoms with van der Waals surface area (Å²) >= 11 is 4.85. The molecule has 0 saturated heterocycles. The molecule has 0 fully saturated rings. The number of rotatable bonds is 5. The molecule has 0 amide bonds. The van der Waals surface area contributed by atoms with Crippen molar-refractivity contribution in [3.8, 4) is 21.3 Å². The number of hydrogen-bond donors (Lipinski definition) is 0. The van der Waals surface area contributed by atoms with Crippen LogP contribution >= 0.6 is 34.4 Å². The van der Waals surface area contributed by atoms with Gasteiger partial charge in [0.2, 0.25) is 5.89 Å². The summed E-state index contributed by atoms with van der Waals surface area (Å²) in [6, 6.07) is 7.81. The molecule has 0 aliphatic heterocycles. The van der Waals surface area contributed by atoms with Crippen molar-refractivity contribution in [1.82, 2.24) is 20.2 Å². The third-order valence-corrected chi connectivity index (χ3v) is 5.74. The molecule has 0 saturated carbocycles. The van der Waals surface area contributed by atoms with E-state index in [0.717, 1.165) is 16.3 Å². The molecule has 0 aliphatic rings. The minimum absolute atomic E-state index is 0.507. The van der Waals surface area contributed by atoms with Gasteiger partial charge in [0.15, 0.2) is 0 Å². The Morgan fingerprint density at radius 3 is 2.83 bits per heavy atom. The molecule has 0 aliphatic carbocycles. The van der Waals surface area contributed by atoms with Crippen molar-refractivity contribution in [3.05, 3.63) is 53.1 Å². The Bertz CT molecular complexity index is 887. The lowest BCUT2D eigenvalue weighted by molar-refractivity contribution is 0.465. The van der Waals surface area contributed by atoms with Gasteiger partial charge in [0.05, 0.1) is 10.6 Å². The Morgan fingerprint density at radius 1 is 1.09 bits per heavy atom. The standard InChI is InChI=1S/C15H10N4OS3/c1-2-12(21-7-1)14-17-11(8-22-14)9-23-15-19-18-13(20-15)10-3-5-16-6-4-10/h1-8H,9H2. The van der Waals surface area contributed by atoms with E-state index >= 15 is 0 Å².